The molecule has 126 valence electrons. The molecule has 3 heterocycles. The fraction of sp³-hybridized carbons (Fsp3) is 0.444. The van der Waals surface area contributed by atoms with Crippen molar-refractivity contribution in [1.29, 1.82) is 0 Å². The molecule has 0 aliphatic carbocycles. The number of carbonyl (C=O) groups excluding carboxylic acids is 2. The predicted molar refractivity (Wildman–Crippen MR) is 91.2 cm³/mol. The van der Waals surface area contributed by atoms with Crippen LogP contribution in [0.1, 0.15) is 30.5 Å². The van der Waals surface area contributed by atoms with Crippen LogP contribution in [0.5, 0.6) is 0 Å². The van der Waals surface area contributed by atoms with Gasteiger partial charge in [-0.05, 0) is 37.4 Å². The number of amides is 2. The minimum atomic E-state index is -0.411. The van der Waals surface area contributed by atoms with Gasteiger partial charge in [-0.3, -0.25) is 9.59 Å². The van der Waals surface area contributed by atoms with Crippen molar-refractivity contribution in [2.24, 2.45) is 5.73 Å². The van der Waals surface area contributed by atoms with Crippen molar-refractivity contribution in [3.8, 4) is 0 Å². The number of H-pyrrole nitrogens is 1. The van der Waals surface area contributed by atoms with Gasteiger partial charge in [-0.2, -0.15) is 0 Å². The minimum Gasteiger partial charge on any atom is -0.357 e. The molecule has 2 aromatic rings. The fourth-order valence-corrected chi connectivity index (χ4v) is 3.89. The van der Waals surface area contributed by atoms with E-state index in [1.165, 1.54) is 0 Å². The Morgan fingerprint density at radius 1 is 1.21 bits per heavy atom. The molecule has 1 fully saturated rings. The number of aromatic amines is 1. The van der Waals surface area contributed by atoms with Crippen LogP contribution in [0.2, 0.25) is 0 Å². The Hall–Kier alpha value is -2.34. The quantitative estimate of drug-likeness (QED) is 0.733. The second-order valence-corrected chi connectivity index (χ2v) is 6.66. The van der Waals surface area contributed by atoms with Crippen LogP contribution in [0.4, 0.5) is 0 Å². The molecule has 0 spiro atoms. The van der Waals surface area contributed by atoms with Crippen LogP contribution in [0.15, 0.2) is 24.3 Å². The SMILES string of the molecule is NCCCC[C@H]1NC(=O)[C@@H]2Cc3c([nH]c4ccccc34)CN2C1=O. The Kier molecular flexibility index (Phi) is 3.76. The predicted octanol–water partition coefficient (Wildman–Crippen LogP) is 1.05. The lowest BCUT2D eigenvalue weighted by Gasteiger charge is -2.41. The molecule has 6 heteroatoms. The van der Waals surface area contributed by atoms with Gasteiger partial charge in [-0.25, -0.2) is 0 Å². The first-order valence-electron chi connectivity index (χ1n) is 8.58. The molecule has 4 N–H and O–H groups in total. The molecule has 24 heavy (non-hydrogen) atoms. The van der Waals surface area contributed by atoms with E-state index in [1.54, 1.807) is 4.90 Å². The lowest BCUT2D eigenvalue weighted by molar-refractivity contribution is -0.150. The summed E-state index contributed by atoms with van der Waals surface area (Å²) in [5.74, 6) is -0.00999. The van der Waals surface area contributed by atoms with E-state index in [2.05, 4.69) is 16.4 Å². The number of nitrogens with two attached hydrogens (primary N) is 1. The van der Waals surface area contributed by atoms with Gasteiger partial charge in [0.25, 0.3) is 0 Å². The summed E-state index contributed by atoms with van der Waals surface area (Å²) < 4.78 is 0. The molecule has 2 aliphatic rings. The number of aromatic nitrogens is 1. The molecule has 1 aromatic heterocycles. The van der Waals surface area contributed by atoms with Crippen molar-refractivity contribution in [3.63, 3.8) is 0 Å². The van der Waals surface area contributed by atoms with Crippen LogP contribution in [0, 0.1) is 0 Å². The summed E-state index contributed by atoms with van der Waals surface area (Å²) in [6.07, 6.45) is 2.95. The molecule has 0 bridgehead atoms. The van der Waals surface area contributed by atoms with Gasteiger partial charge < -0.3 is 20.9 Å². The van der Waals surface area contributed by atoms with Crippen molar-refractivity contribution in [2.75, 3.05) is 6.54 Å². The Labute approximate surface area is 140 Å². The largest absolute Gasteiger partial charge is 0.357 e. The van der Waals surface area contributed by atoms with Crippen LogP contribution in [0.3, 0.4) is 0 Å². The monoisotopic (exact) mass is 326 g/mol. The summed E-state index contributed by atoms with van der Waals surface area (Å²) >= 11 is 0. The Morgan fingerprint density at radius 3 is 2.88 bits per heavy atom. The number of unbranched alkanes of at least 4 members (excludes halogenated alkanes) is 1. The maximum atomic E-state index is 12.8. The van der Waals surface area contributed by atoms with E-state index in [0.717, 1.165) is 35.0 Å². The summed E-state index contributed by atoms with van der Waals surface area (Å²) in [7, 11) is 0. The lowest BCUT2D eigenvalue weighted by atomic mass is 9.92. The molecule has 4 rings (SSSR count). The number of rotatable bonds is 4. The minimum absolute atomic E-state index is 0.0286. The van der Waals surface area contributed by atoms with Crippen LogP contribution in [-0.2, 0) is 22.6 Å². The normalized spacial score (nSPS) is 23.1. The van der Waals surface area contributed by atoms with E-state index >= 15 is 0 Å². The average Bonchev–Trinajstić information content (AvgIpc) is 2.96. The van der Waals surface area contributed by atoms with E-state index in [0.29, 0.717) is 25.9 Å². The van der Waals surface area contributed by atoms with E-state index < -0.39 is 12.1 Å². The molecule has 0 saturated carbocycles. The van der Waals surface area contributed by atoms with Crippen molar-refractivity contribution in [1.82, 2.24) is 15.2 Å². The number of fused-ring (bicyclic) bond motifs is 4. The van der Waals surface area contributed by atoms with E-state index in [9.17, 15) is 9.59 Å². The summed E-state index contributed by atoms with van der Waals surface area (Å²) in [5, 5.41) is 4.06. The Balaban J connectivity index is 1.62. The van der Waals surface area contributed by atoms with Crippen molar-refractivity contribution >= 4 is 22.7 Å². The smallest absolute Gasteiger partial charge is 0.246 e. The molecular weight excluding hydrogens is 304 g/mol. The van der Waals surface area contributed by atoms with Crippen molar-refractivity contribution in [2.45, 2.75) is 44.3 Å². The first-order valence-corrected chi connectivity index (χ1v) is 8.58. The number of hydrogen-bond donors (Lipinski definition) is 3. The van der Waals surface area contributed by atoms with Crippen molar-refractivity contribution < 1.29 is 9.59 Å². The third-order valence-corrected chi connectivity index (χ3v) is 5.15. The summed E-state index contributed by atoms with van der Waals surface area (Å²) in [6, 6.07) is 7.29. The van der Waals surface area contributed by atoms with Gasteiger partial charge in [0.05, 0.1) is 6.54 Å². The van der Waals surface area contributed by atoms with Gasteiger partial charge in [0.1, 0.15) is 12.1 Å². The van der Waals surface area contributed by atoms with Crippen LogP contribution < -0.4 is 11.1 Å². The van der Waals surface area contributed by atoms with E-state index in [-0.39, 0.29) is 11.8 Å². The molecule has 2 atom stereocenters. The number of hydrogen-bond acceptors (Lipinski definition) is 3. The van der Waals surface area contributed by atoms with Crippen LogP contribution in [0.25, 0.3) is 10.9 Å². The highest BCUT2D eigenvalue weighted by Gasteiger charge is 2.43. The Morgan fingerprint density at radius 2 is 2.04 bits per heavy atom. The second-order valence-electron chi connectivity index (χ2n) is 6.66. The molecule has 0 unspecified atom stereocenters. The number of nitrogens with one attached hydrogen (secondary N) is 2. The highest BCUT2D eigenvalue weighted by Crippen LogP contribution is 2.32. The number of carbonyl (C=O) groups is 2. The standard InChI is InChI=1S/C18H22N4O2/c19-8-4-3-7-14-18(24)22-10-15-12(9-16(22)17(23)21-14)11-5-1-2-6-13(11)20-15/h1-2,5-6,14,16,20H,3-4,7-10,19H2,(H,21,23)/t14-,16+/m1/s1. The zero-order chi connectivity index (χ0) is 16.7. The summed E-state index contributed by atoms with van der Waals surface area (Å²) in [4.78, 5) is 30.5. The molecule has 1 saturated heterocycles. The van der Waals surface area contributed by atoms with Gasteiger partial charge in [0.2, 0.25) is 11.8 Å². The fourth-order valence-electron chi connectivity index (χ4n) is 3.89. The maximum absolute atomic E-state index is 12.8. The van der Waals surface area contributed by atoms with Gasteiger partial charge in [0.15, 0.2) is 0 Å². The number of para-hydroxylation sites is 1. The number of piperazine rings is 1. The number of nitrogens with zero attached hydrogens (tertiary/aromatic N) is 1. The van der Waals surface area contributed by atoms with Gasteiger partial charge >= 0.3 is 0 Å². The third kappa shape index (κ3) is 2.38. The zero-order valence-electron chi connectivity index (χ0n) is 13.5. The van der Waals surface area contributed by atoms with Gasteiger partial charge in [0, 0.05) is 23.0 Å². The Bertz CT molecular complexity index is 797. The first-order chi connectivity index (χ1) is 11.7. The molecule has 2 amide bonds. The average molecular weight is 326 g/mol. The maximum Gasteiger partial charge on any atom is 0.246 e. The molecular formula is C18H22N4O2. The summed E-state index contributed by atoms with van der Waals surface area (Å²) in [5.41, 5.74) is 8.80. The first kappa shape index (κ1) is 15.2. The third-order valence-electron chi connectivity index (χ3n) is 5.15. The summed E-state index contributed by atoms with van der Waals surface area (Å²) in [6.45, 7) is 1.09. The van der Waals surface area contributed by atoms with Gasteiger partial charge in [-0.1, -0.05) is 18.2 Å². The van der Waals surface area contributed by atoms with Gasteiger partial charge in [-0.15, -0.1) is 0 Å². The highest BCUT2D eigenvalue weighted by molar-refractivity contribution is 5.98. The highest BCUT2D eigenvalue weighted by atomic mass is 16.2. The van der Waals surface area contributed by atoms with E-state index in [1.807, 2.05) is 18.2 Å². The van der Waals surface area contributed by atoms with Crippen LogP contribution in [-0.4, -0.2) is 40.3 Å². The molecule has 2 aliphatic heterocycles. The van der Waals surface area contributed by atoms with Crippen molar-refractivity contribution in [3.05, 3.63) is 35.5 Å². The van der Waals surface area contributed by atoms with E-state index in [4.69, 9.17) is 5.73 Å². The molecule has 6 nitrogen and oxygen atoms in total. The second kappa shape index (κ2) is 5.94. The zero-order valence-corrected chi connectivity index (χ0v) is 13.5. The van der Waals surface area contributed by atoms with Crippen LogP contribution >= 0.6 is 0 Å². The molecule has 0 radical (unpaired) electrons. The molecule has 1 aromatic carbocycles. The lowest BCUT2D eigenvalue weighted by Crippen LogP contribution is -2.64. The topological polar surface area (TPSA) is 91.2 Å². The number of benzene rings is 1.